The maximum absolute atomic E-state index is 9.56. The van der Waals surface area contributed by atoms with Crippen molar-refractivity contribution in [3.63, 3.8) is 0 Å². The van der Waals surface area contributed by atoms with Gasteiger partial charge < -0.3 is 25.0 Å². The number of piperidine rings is 1. The van der Waals surface area contributed by atoms with E-state index in [1.807, 2.05) is 0 Å². The van der Waals surface area contributed by atoms with Crippen molar-refractivity contribution in [2.75, 3.05) is 59.0 Å². The minimum Gasteiger partial charge on any atom is -0.393 e. The van der Waals surface area contributed by atoms with Gasteiger partial charge in [-0.1, -0.05) is 0 Å². The Morgan fingerprint density at radius 2 is 2.00 bits per heavy atom. The zero-order valence-corrected chi connectivity index (χ0v) is 15.5. The number of aliphatic imine (C=N–C) groups is 1. The van der Waals surface area contributed by atoms with Crippen LogP contribution in [0.1, 0.15) is 39.5 Å². The molecule has 140 valence electrons. The van der Waals surface area contributed by atoms with Crippen molar-refractivity contribution in [1.82, 2.24) is 15.1 Å². The first-order chi connectivity index (χ1) is 11.7. The summed E-state index contributed by atoms with van der Waals surface area (Å²) in [6.07, 6.45) is 4.03. The molecule has 0 bridgehead atoms. The van der Waals surface area contributed by atoms with Gasteiger partial charge in [0.25, 0.3) is 0 Å². The summed E-state index contributed by atoms with van der Waals surface area (Å²) in [6, 6.07) is 0. The topological polar surface area (TPSA) is 60.3 Å². The second-order valence-electron chi connectivity index (χ2n) is 6.92. The van der Waals surface area contributed by atoms with Gasteiger partial charge in [-0.3, -0.25) is 4.99 Å². The third-order valence-corrected chi connectivity index (χ3v) is 4.93. The number of rotatable bonds is 8. The molecular formula is C18H36N4O2. The van der Waals surface area contributed by atoms with Gasteiger partial charge in [-0.25, -0.2) is 0 Å². The van der Waals surface area contributed by atoms with Crippen molar-refractivity contribution in [2.24, 2.45) is 10.9 Å². The quantitative estimate of drug-likeness (QED) is 0.394. The highest BCUT2D eigenvalue weighted by molar-refractivity contribution is 5.80. The van der Waals surface area contributed by atoms with Crippen LogP contribution in [0.3, 0.4) is 0 Å². The summed E-state index contributed by atoms with van der Waals surface area (Å²) in [6.45, 7) is 12.9. The Morgan fingerprint density at radius 1 is 1.21 bits per heavy atom. The largest absolute Gasteiger partial charge is 0.393 e. The molecule has 2 fully saturated rings. The van der Waals surface area contributed by atoms with E-state index < -0.39 is 0 Å². The molecule has 0 aromatic rings. The summed E-state index contributed by atoms with van der Waals surface area (Å²) in [5.41, 5.74) is 0. The van der Waals surface area contributed by atoms with Crippen LogP contribution in [0.15, 0.2) is 4.99 Å². The van der Waals surface area contributed by atoms with E-state index in [2.05, 4.69) is 29.0 Å². The van der Waals surface area contributed by atoms with Crippen LogP contribution in [0.4, 0.5) is 0 Å². The lowest BCUT2D eigenvalue weighted by Crippen LogP contribution is -2.40. The monoisotopic (exact) mass is 340 g/mol. The predicted octanol–water partition coefficient (Wildman–Crippen LogP) is 1.16. The lowest BCUT2D eigenvalue weighted by Gasteiger charge is -2.29. The van der Waals surface area contributed by atoms with Gasteiger partial charge in [-0.2, -0.15) is 0 Å². The van der Waals surface area contributed by atoms with E-state index in [1.54, 1.807) is 0 Å². The summed E-state index contributed by atoms with van der Waals surface area (Å²) in [5.74, 6) is 1.69. The molecule has 0 spiro atoms. The van der Waals surface area contributed by atoms with Gasteiger partial charge in [0.2, 0.25) is 0 Å². The van der Waals surface area contributed by atoms with Crippen molar-refractivity contribution in [1.29, 1.82) is 0 Å². The summed E-state index contributed by atoms with van der Waals surface area (Å²) in [4.78, 5) is 9.65. The molecule has 2 rings (SSSR count). The molecule has 6 heteroatoms. The van der Waals surface area contributed by atoms with Gasteiger partial charge >= 0.3 is 0 Å². The molecule has 0 aliphatic carbocycles. The molecular weight excluding hydrogens is 304 g/mol. The molecule has 2 heterocycles. The first-order valence-corrected chi connectivity index (χ1v) is 9.74. The van der Waals surface area contributed by atoms with Gasteiger partial charge in [-0.05, 0) is 46.1 Å². The maximum atomic E-state index is 9.56. The lowest BCUT2D eigenvalue weighted by molar-refractivity contribution is 0.0824. The fourth-order valence-electron chi connectivity index (χ4n) is 3.49. The normalized spacial score (nSPS) is 23.9. The Morgan fingerprint density at radius 3 is 2.71 bits per heavy atom. The van der Waals surface area contributed by atoms with Gasteiger partial charge in [0, 0.05) is 51.8 Å². The molecule has 0 aromatic heterocycles. The van der Waals surface area contributed by atoms with Crippen LogP contribution in [0.2, 0.25) is 0 Å². The zero-order valence-electron chi connectivity index (χ0n) is 15.5. The molecule has 6 nitrogen and oxygen atoms in total. The minimum absolute atomic E-state index is 0.0839. The van der Waals surface area contributed by atoms with Gasteiger partial charge in [0.1, 0.15) is 0 Å². The first-order valence-electron chi connectivity index (χ1n) is 9.74. The Balaban J connectivity index is 1.70. The van der Waals surface area contributed by atoms with Crippen molar-refractivity contribution in [2.45, 2.75) is 45.6 Å². The average Bonchev–Trinajstić information content (AvgIpc) is 3.06. The maximum Gasteiger partial charge on any atom is 0.193 e. The number of guanidine groups is 1. The third kappa shape index (κ3) is 6.57. The zero-order chi connectivity index (χ0) is 17.2. The van der Waals surface area contributed by atoms with Crippen LogP contribution in [0, 0.1) is 5.92 Å². The van der Waals surface area contributed by atoms with Crippen molar-refractivity contribution < 1.29 is 9.84 Å². The number of nitrogens with one attached hydrogen (secondary N) is 1. The highest BCUT2D eigenvalue weighted by atomic mass is 16.5. The molecule has 2 aliphatic rings. The smallest absolute Gasteiger partial charge is 0.193 e. The molecule has 2 aliphatic heterocycles. The van der Waals surface area contributed by atoms with E-state index in [-0.39, 0.29) is 6.10 Å². The SMILES string of the molecule is CCNC(=NCCCN1CCC(O)CC1)N1CCC(COCC)C1. The summed E-state index contributed by atoms with van der Waals surface area (Å²) < 4.78 is 5.57. The third-order valence-electron chi connectivity index (χ3n) is 4.93. The number of hydrogen-bond donors (Lipinski definition) is 2. The van der Waals surface area contributed by atoms with E-state index in [0.717, 1.165) is 84.2 Å². The van der Waals surface area contributed by atoms with Gasteiger partial charge in [-0.15, -0.1) is 0 Å². The second kappa shape index (κ2) is 10.9. The number of likely N-dealkylation sites (tertiary alicyclic amines) is 2. The standard InChI is InChI=1S/C18H36N4O2/c1-3-19-18(22-13-6-16(14-22)15-24-4-2)20-9-5-10-21-11-7-17(23)8-12-21/h16-17,23H,3-15H2,1-2H3,(H,19,20). The van der Waals surface area contributed by atoms with E-state index in [9.17, 15) is 5.11 Å². The van der Waals surface area contributed by atoms with Crippen LogP contribution in [0.25, 0.3) is 0 Å². The van der Waals surface area contributed by atoms with Crippen LogP contribution in [-0.2, 0) is 4.74 Å². The predicted molar refractivity (Wildman–Crippen MR) is 98.4 cm³/mol. The highest BCUT2D eigenvalue weighted by Crippen LogP contribution is 2.16. The highest BCUT2D eigenvalue weighted by Gasteiger charge is 2.24. The average molecular weight is 341 g/mol. The van der Waals surface area contributed by atoms with E-state index in [0.29, 0.717) is 5.92 Å². The number of aliphatic hydroxyl groups is 1. The number of hydrogen-bond acceptors (Lipinski definition) is 4. The molecule has 1 atom stereocenters. The van der Waals surface area contributed by atoms with Crippen LogP contribution < -0.4 is 5.32 Å². The molecule has 2 N–H and O–H groups in total. The molecule has 24 heavy (non-hydrogen) atoms. The molecule has 1 unspecified atom stereocenters. The Bertz CT molecular complexity index is 370. The van der Waals surface area contributed by atoms with E-state index in [4.69, 9.17) is 9.73 Å². The molecule has 0 amide bonds. The first kappa shape index (κ1) is 19.5. The summed E-state index contributed by atoms with van der Waals surface area (Å²) in [5, 5.41) is 13.0. The minimum atomic E-state index is -0.0839. The molecule has 0 radical (unpaired) electrons. The van der Waals surface area contributed by atoms with E-state index >= 15 is 0 Å². The van der Waals surface area contributed by atoms with Crippen LogP contribution >= 0.6 is 0 Å². The van der Waals surface area contributed by atoms with Crippen molar-refractivity contribution >= 4 is 5.96 Å². The van der Waals surface area contributed by atoms with E-state index in [1.165, 1.54) is 6.42 Å². The summed E-state index contributed by atoms with van der Waals surface area (Å²) >= 11 is 0. The van der Waals surface area contributed by atoms with Gasteiger partial charge in [0.15, 0.2) is 5.96 Å². The summed E-state index contributed by atoms with van der Waals surface area (Å²) in [7, 11) is 0. The van der Waals surface area contributed by atoms with Crippen LogP contribution in [-0.4, -0.2) is 86.0 Å². The van der Waals surface area contributed by atoms with Crippen molar-refractivity contribution in [3.05, 3.63) is 0 Å². The fraction of sp³-hybridized carbons (Fsp3) is 0.944. The lowest BCUT2D eigenvalue weighted by atomic mass is 10.1. The molecule has 2 saturated heterocycles. The van der Waals surface area contributed by atoms with Gasteiger partial charge in [0.05, 0.1) is 12.7 Å². The molecule has 0 aromatic carbocycles. The number of nitrogens with zero attached hydrogens (tertiary/aromatic N) is 3. The number of aliphatic hydroxyl groups excluding tert-OH is 1. The Hall–Kier alpha value is -0.850. The molecule has 0 saturated carbocycles. The Labute approximate surface area is 147 Å². The van der Waals surface area contributed by atoms with Crippen LogP contribution in [0.5, 0.6) is 0 Å². The van der Waals surface area contributed by atoms with Crippen molar-refractivity contribution in [3.8, 4) is 0 Å². The Kier molecular flexibility index (Phi) is 8.84. The second-order valence-corrected chi connectivity index (χ2v) is 6.92. The number of ether oxygens (including phenoxy) is 1. The fourth-order valence-corrected chi connectivity index (χ4v) is 3.49.